The highest BCUT2D eigenvalue weighted by molar-refractivity contribution is 5.83. The number of benzene rings is 1. The van der Waals surface area contributed by atoms with Gasteiger partial charge in [0.05, 0.1) is 10.5 Å². The van der Waals surface area contributed by atoms with Crippen molar-refractivity contribution in [2.24, 2.45) is 0 Å². The van der Waals surface area contributed by atoms with E-state index in [1.165, 1.54) is 19.1 Å². The number of carbonyl (C=O) groups is 2. The van der Waals surface area contributed by atoms with E-state index in [4.69, 9.17) is 4.74 Å². The number of nitrogens with one attached hydrogen (secondary N) is 1. The van der Waals surface area contributed by atoms with Crippen LogP contribution in [-0.4, -0.2) is 28.8 Å². The van der Waals surface area contributed by atoms with Crippen molar-refractivity contribution in [2.75, 3.05) is 0 Å². The van der Waals surface area contributed by atoms with E-state index in [2.05, 4.69) is 5.32 Å². The highest BCUT2D eigenvalue weighted by atomic mass is 16.6. The zero-order valence-corrected chi connectivity index (χ0v) is 12.4. The number of amides is 1. The summed E-state index contributed by atoms with van der Waals surface area (Å²) in [5, 5.41) is 13.4. The Labute approximate surface area is 122 Å². The number of carbonyl (C=O) groups excluding carboxylic acids is 2. The number of hydrogen-bond donors (Lipinski definition) is 1. The predicted molar refractivity (Wildman–Crippen MR) is 76.5 cm³/mol. The fourth-order valence-corrected chi connectivity index (χ4v) is 1.56. The second-order valence-electron chi connectivity index (χ2n) is 5.60. The summed E-state index contributed by atoms with van der Waals surface area (Å²) in [4.78, 5) is 32.9. The minimum Gasteiger partial charge on any atom is -0.480 e. The van der Waals surface area contributed by atoms with Crippen LogP contribution >= 0.6 is 0 Å². The van der Waals surface area contributed by atoms with Crippen molar-refractivity contribution < 1.29 is 19.2 Å². The van der Waals surface area contributed by atoms with Gasteiger partial charge in [-0.05, 0) is 33.8 Å². The third-order valence-corrected chi connectivity index (χ3v) is 2.50. The summed E-state index contributed by atoms with van der Waals surface area (Å²) < 4.78 is 5.41. The van der Waals surface area contributed by atoms with E-state index in [-0.39, 0.29) is 22.9 Å². The van der Waals surface area contributed by atoms with E-state index in [1.807, 2.05) is 20.8 Å². The average molecular weight is 294 g/mol. The molecule has 21 heavy (non-hydrogen) atoms. The number of hydrogen-bond acceptors (Lipinski definition) is 5. The molecule has 1 N–H and O–H groups in total. The lowest BCUT2D eigenvalue weighted by atomic mass is 10.1. The smallest absolute Gasteiger partial charge is 0.270 e. The van der Waals surface area contributed by atoms with E-state index in [9.17, 15) is 19.7 Å². The summed E-state index contributed by atoms with van der Waals surface area (Å²) in [6.45, 7) is 7.04. The van der Waals surface area contributed by atoms with Gasteiger partial charge in [0.1, 0.15) is 5.75 Å². The first-order chi connectivity index (χ1) is 9.64. The minimum atomic E-state index is -0.829. The van der Waals surface area contributed by atoms with Crippen molar-refractivity contribution in [3.05, 3.63) is 33.9 Å². The van der Waals surface area contributed by atoms with Crippen LogP contribution in [0.1, 0.15) is 38.1 Å². The number of nitro benzene ring substituents is 1. The molecular weight excluding hydrogens is 276 g/mol. The number of rotatable bonds is 5. The molecule has 1 aromatic carbocycles. The summed E-state index contributed by atoms with van der Waals surface area (Å²) >= 11 is 0. The van der Waals surface area contributed by atoms with Gasteiger partial charge >= 0.3 is 0 Å². The van der Waals surface area contributed by atoms with Crippen LogP contribution in [0.5, 0.6) is 5.75 Å². The van der Waals surface area contributed by atoms with Crippen LogP contribution in [0.4, 0.5) is 5.69 Å². The van der Waals surface area contributed by atoms with Crippen LogP contribution in [0.25, 0.3) is 0 Å². The maximum atomic E-state index is 11.9. The van der Waals surface area contributed by atoms with Crippen molar-refractivity contribution in [1.82, 2.24) is 5.32 Å². The Hall–Kier alpha value is -2.44. The summed E-state index contributed by atoms with van der Waals surface area (Å²) in [7, 11) is 0. The molecule has 0 saturated heterocycles. The molecule has 0 aromatic heterocycles. The zero-order chi connectivity index (χ0) is 16.2. The Morgan fingerprint density at radius 1 is 1.43 bits per heavy atom. The topological polar surface area (TPSA) is 98.5 Å². The Kier molecular flexibility index (Phi) is 5.02. The molecule has 1 unspecified atom stereocenters. The molecule has 1 atom stereocenters. The Bertz CT molecular complexity index is 563. The number of aldehydes is 1. The van der Waals surface area contributed by atoms with Crippen LogP contribution in [0, 0.1) is 10.1 Å². The molecule has 114 valence electrons. The first kappa shape index (κ1) is 16.6. The molecule has 0 aliphatic rings. The van der Waals surface area contributed by atoms with Gasteiger partial charge in [0.2, 0.25) is 0 Å². The normalized spacial score (nSPS) is 12.4. The van der Waals surface area contributed by atoms with Gasteiger partial charge in [-0.3, -0.25) is 19.7 Å². The fraction of sp³-hybridized carbons (Fsp3) is 0.429. The van der Waals surface area contributed by atoms with Gasteiger partial charge in [-0.15, -0.1) is 0 Å². The van der Waals surface area contributed by atoms with Crippen LogP contribution in [0.2, 0.25) is 0 Å². The molecule has 1 rings (SSSR count). The van der Waals surface area contributed by atoms with Crippen LogP contribution in [0.3, 0.4) is 0 Å². The van der Waals surface area contributed by atoms with Gasteiger partial charge in [-0.1, -0.05) is 0 Å². The van der Waals surface area contributed by atoms with Gasteiger partial charge in [0.25, 0.3) is 11.6 Å². The fourth-order valence-electron chi connectivity index (χ4n) is 1.56. The summed E-state index contributed by atoms with van der Waals surface area (Å²) in [5.74, 6) is -0.204. The Morgan fingerprint density at radius 2 is 2.05 bits per heavy atom. The summed E-state index contributed by atoms with van der Waals surface area (Å²) in [6.07, 6.45) is -0.374. The Morgan fingerprint density at radius 3 is 2.52 bits per heavy atom. The van der Waals surface area contributed by atoms with Gasteiger partial charge < -0.3 is 10.1 Å². The van der Waals surface area contributed by atoms with Gasteiger partial charge in [0.15, 0.2) is 12.4 Å². The standard InChI is InChI=1S/C14H18N2O5/c1-9(13(18)15-14(2,3)4)21-12-6-5-11(16(19)20)7-10(12)8-17/h5-9H,1-4H3,(H,15,18). The molecule has 0 heterocycles. The van der Waals surface area contributed by atoms with Crippen LogP contribution in [-0.2, 0) is 4.79 Å². The second-order valence-corrected chi connectivity index (χ2v) is 5.60. The number of nitro groups is 1. The molecule has 0 bridgehead atoms. The third kappa shape index (κ3) is 4.87. The molecule has 0 aliphatic carbocycles. The first-order valence-electron chi connectivity index (χ1n) is 6.36. The van der Waals surface area contributed by atoms with E-state index < -0.39 is 16.6 Å². The highest BCUT2D eigenvalue weighted by Gasteiger charge is 2.22. The molecule has 0 saturated carbocycles. The maximum Gasteiger partial charge on any atom is 0.270 e. The molecule has 0 fully saturated rings. The van der Waals surface area contributed by atoms with E-state index >= 15 is 0 Å². The summed E-state index contributed by atoms with van der Waals surface area (Å²) in [6, 6.07) is 3.64. The van der Waals surface area contributed by atoms with E-state index in [1.54, 1.807) is 0 Å². The van der Waals surface area contributed by atoms with Crippen molar-refractivity contribution in [1.29, 1.82) is 0 Å². The van der Waals surface area contributed by atoms with Gasteiger partial charge in [-0.25, -0.2) is 0 Å². The molecule has 1 amide bonds. The molecule has 1 aromatic rings. The molecular formula is C14H18N2O5. The zero-order valence-electron chi connectivity index (χ0n) is 12.4. The quantitative estimate of drug-likeness (QED) is 0.509. The molecule has 0 spiro atoms. The molecule has 0 radical (unpaired) electrons. The van der Waals surface area contributed by atoms with Gasteiger partial charge in [0, 0.05) is 17.7 Å². The monoisotopic (exact) mass is 294 g/mol. The summed E-state index contributed by atoms with van der Waals surface area (Å²) in [5.41, 5.74) is -0.589. The molecule has 0 aliphatic heterocycles. The van der Waals surface area contributed by atoms with Gasteiger partial charge in [-0.2, -0.15) is 0 Å². The lowest BCUT2D eigenvalue weighted by molar-refractivity contribution is -0.384. The number of ether oxygens (including phenoxy) is 1. The van der Waals surface area contributed by atoms with Crippen molar-refractivity contribution in [2.45, 2.75) is 39.3 Å². The average Bonchev–Trinajstić information content (AvgIpc) is 2.36. The SMILES string of the molecule is CC(Oc1ccc([N+](=O)[O-])cc1C=O)C(=O)NC(C)(C)C. The second kappa shape index (κ2) is 6.34. The predicted octanol–water partition coefficient (Wildman–Crippen LogP) is 2.09. The van der Waals surface area contributed by atoms with Crippen LogP contribution in [0.15, 0.2) is 18.2 Å². The third-order valence-electron chi connectivity index (χ3n) is 2.50. The Balaban J connectivity index is 2.90. The minimum absolute atomic E-state index is 0.0274. The van der Waals surface area contributed by atoms with Crippen molar-refractivity contribution >= 4 is 17.9 Å². The molecule has 7 nitrogen and oxygen atoms in total. The van der Waals surface area contributed by atoms with E-state index in [0.29, 0.717) is 6.29 Å². The lowest BCUT2D eigenvalue weighted by Gasteiger charge is -2.23. The van der Waals surface area contributed by atoms with Crippen LogP contribution < -0.4 is 10.1 Å². The lowest BCUT2D eigenvalue weighted by Crippen LogP contribution is -2.46. The number of non-ortho nitro benzene ring substituents is 1. The largest absolute Gasteiger partial charge is 0.480 e. The highest BCUT2D eigenvalue weighted by Crippen LogP contribution is 2.23. The van der Waals surface area contributed by atoms with E-state index in [0.717, 1.165) is 6.07 Å². The first-order valence-corrected chi connectivity index (χ1v) is 6.36. The van der Waals surface area contributed by atoms with Crippen molar-refractivity contribution in [3.8, 4) is 5.75 Å². The number of nitrogens with zero attached hydrogens (tertiary/aromatic N) is 1. The molecule has 7 heteroatoms. The maximum absolute atomic E-state index is 11.9. The van der Waals surface area contributed by atoms with Crippen molar-refractivity contribution in [3.63, 3.8) is 0 Å².